The van der Waals surface area contributed by atoms with E-state index < -0.39 is 0 Å². The number of hydrogen-bond acceptors (Lipinski definition) is 2. The zero-order valence-corrected chi connectivity index (χ0v) is 11.7. The van der Waals surface area contributed by atoms with Crippen molar-refractivity contribution in [2.45, 2.75) is 25.5 Å². The average Bonchev–Trinajstić information content (AvgIpc) is 2.51. The van der Waals surface area contributed by atoms with Gasteiger partial charge in [-0.05, 0) is 24.5 Å². The van der Waals surface area contributed by atoms with E-state index in [0.29, 0.717) is 6.10 Å². The van der Waals surface area contributed by atoms with Crippen molar-refractivity contribution in [1.82, 2.24) is 4.90 Å². The first-order chi connectivity index (χ1) is 9.90. The van der Waals surface area contributed by atoms with E-state index in [2.05, 4.69) is 41.3 Å². The Morgan fingerprint density at radius 3 is 2.45 bits per heavy atom. The number of piperidine rings is 1. The smallest absolute Gasteiger partial charge is 0.127 e. The van der Waals surface area contributed by atoms with Gasteiger partial charge in [0.05, 0.1) is 0 Å². The van der Waals surface area contributed by atoms with Crippen molar-refractivity contribution in [2.24, 2.45) is 0 Å². The second kappa shape index (κ2) is 6.58. The number of ether oxygens (including phenoxy) is 1. The maximum absolute atomic E-state index is 5.97. The molecule has 3 rings (SSSR count). The number of likely N-dealkylation sites (tertiary alicyclic amines) is 1. The zero-order valence-electron chi connectivity index (χ0n) is 11.7. The van der Waals surface area contributed by atoms with Gasteiger partial charge in [-0.3, -0.25) is 4.90 Å². The predicted octanol–water partition coefficient (Wildman–Crippen LogP) is 3.53. The summed E-state index contributed by atoms with van der Waals surface area (Å²) >= 11 is 0. The fourth-order valence-electron chi connectivity index (χ4n) is 2.66. The van der Waals surface area contributed by atoms with Crippen LogP contribution in [0.5, 0.6) is 5.75 Å². The molecule has 1 heterocycles. The van der Waals surface area contributed by atoms with Crippen LogP contribution in [0.3, 0.4) is 0 Å². The Morgan fingerprint density at radius 1 is 1.00 bits per heavy atom. The van der Waals surface area contributed by atoms with Gasteiger partial charge in [0, 0.05) is 25.7 Å². The Hall–Kier alpha value is -1.80. The lowest BCUT2D eigenvalue weighted by Gasteiger charge is -2.32. The van der Waals surface area contributed by atoms with Crippen molar-refractivity contribution in [3.05, 3.63) is 66.2 Å². The first kappa shape index (κ1) is 13.2. The van der Waals surface area contributed by atoms with E-state index in [-0.39, 0.29) is 0 Å². The Bertz CT molecular complexity index is 454. The van der Waals surface area contributed by atoms with E-state index in [1.54, 1.807) is 0 Å². The molecule has 1 radical (unpaired) electrons. The molecule has 2 aromatic rings. The Labute approximate surface area is 121 Å². The molecule has 0 unspecified atom stereocenters. The van der Waals surface area contributed by atoms with Crippen molar-refractivity contribution in [3.63, 3.8) is 0 Å². The Kier molecular flexibility index (Phi) is 4.34. The van der Waals surface area contributed by atoms with Gasteiger partial charge < -0.3 is 4.74 Å². The van der Waals surface area contributed by atoms with E-state index in [1.165, 1.54) is 5.56 Å². The van der Waals surface area contributed by atoms with Crippen LogP contribution in [0.2, 0.25) is 0 Å². The maximum atomic E-state index is 5.97. The molecule has 103 valence electrons. The summed E-state index contributed by atoms with van der Waals surface area (Å²) in [6, 6.07) is 21.7. The molecular formula is C18H20NO. The largest absolute Gasteiger partial charge is 0.490 e. The highest BCUT2D eigenvalue weighted by molar-refractivity contribution is 5.19. The van der Waals surface area contributed by atoms with Crippen LogP contribution in [-0.4, -0.2) is 24.1 Å². The molecule has 2 nitrogen and oxygen atoms in total. The van der Waals surface area contributed by atoms with Crippen molar-refractivity contribution >= 4 is 0 Å². The number of benzene rings is 2. The zero-order chi connectivity index (χ0) is 13.6. The lowest BCUT2D eigenvalue weighted by atomic mass is 10.1. The molecule has 0 spiro atoms. The quantitative estimate of drug-likeness (QED) is 0.839. The molecule has 0 aromatic heterocycles. The third-order valence-corrected chi connectivity index (χ3v) is 3.76. The second-order valence-electron chi connectivity index (χ2n) is 5.31. The van der Waals surface area contributed by atoms with Gasteiger partial charge in [-0.2, -0.15) is 0 Å². The van der Waals surface area contributed by atoms with Crippen molar-refractivity contribution < 1.29 is 4.74 Å². The summed E-state index contributed by atoms with van der Waals surface area (Å²) in [5.41, 5.74) is 1.39. The molecule has 20 heavy (non-hydrogen) atoms. The first-order valence-electron chi connectivity index (χ1n) is 7.30. The van der Waals surface area contributed by atoms with Crippen LogP contribution >= 0.6 is 0 Å². The highest BCUT2D eigenvalue weighted by Crippen LogP contribution is 2.19. The molecule has 1 aliphatic heterocycles. The van der Waals surface area contributed by atoms with Crippen LogP contribution in [0.4, 0.5) is 0 Å². The van der Waals surface area contributed by atoms with Gasteiger partial charge in [0.2, 0.25) is 0 Å². The van der Waals surface area contributed by atoms with Gasteiger partial charge >= 0.3 is 0 Å². The van der Waals surface area contributed by atoms with E-state index in [0.717, 1.165) is 38.2 Å². The number of para-hydroxylation sites is 1. The lowest BCUT2D eigenvalue weighted by Crippen LogP contribution is -2.37. The van der Waals surface area contributed by atoms with Gasteiger partial charge in [-0.1, -0.05) is 48.5 Å². The minimum absolute atomic E-state index is 0.334. The first-order valence-corrected chi connectivity index (χ1v) is 7.30. The van der Waals surface area contributed by atoms with E-state index in [1.807, 2.05) is 24.3 Å². The number of rotatable bonds is 4. The fourth-order valence-corrected chi connectivity index (χ4v) is 2.66. The molecule has 0 bridgehead atoms. The Morgan fingerprint density at radius 2 is 1.75 bits per heavy atom. The average molecular weight is 266 g/mol. The van der Waals surface area contributed by atoms with Gasteiger partial charge in [-0.15, -0.1) is 0 Å². The van der Waals surface area contributed by atoms with Crippen LogP contribution < -0.4 is 4.74 Å². The maximum Gasteiger partial charge on any atom is 0.127 e. The monoisotopic (exact) mass is 266 g/mol. The third-order valence-electron chi connectivity index (χ3n) is 3.76. The number of hydrogen-bond donors (Lipinski definition) is 0. The molecular weight excluding hydrogens is 246 g/mol. The summed E-state index contributed by atoms with van der Waals surface area (Å²) in [6.45, 7) is 3.25. The van der Waals surface area contributed by atoms with Gasteiger partial charge in [0.25, 0.3) is 0 Å². The molecule has 2 aromatic carbocycles. The van der Waals surface area contributed by atoms with Gasteiger partial charge in [0.15, 0.2) is 0 Å². The highest BCUT2D eigenvalue weighted by Gasteiger charge is 2.20. The van der Waals surface area contributed by atoms with Crippen LogP contribution in [0.15, 0.2) is 54.6 Å². The Balaban J connectivity index is 1.47. The van der Waals surface area contributed by atoms with E-state index >= 15 is 0 Å². The summed E-state index contributed by atoms with van der Waals surface area (Å²) in [5, 5.41) is 0. The minimum atomic E-state index is 0.334. The van der Waals surface area contributed by atoms with Gasteiger partial charge in [-0.25, -0.2) is 0 Å². The summed E-state index contributed by atoms with van der Waals surface area (Å²) in [7, 11) is 0. The van der Waals surface area contributed by atoms with E-state index in [4.69, 9.17) is 4.74 Å². The highest BCUT2D eigenvalue weighted by atomic mass is 16.5. The molecule has 1 saturated heterocycles. The molecule has 0 atom stereocenters. The second-order valence-corrected chi connectivity index (χ2v) is 5.31. The fraction of sp³-hybridized carbons (Fsp3) is 0.333. The number of nitrogens with zero attached hydrogens (tertiary/aromatic N) is 1. The summed E-state index contributed by atoms with van der Waals surface area (Å²) < 4.78 is 5.97. The van der Waals surface area contributed by atoms with Crippen molar-refractivity contribution in [2.75, 3.05) is 13.1 Å². The van der Waals surface area contributed by atoms with Crippen LogP contribution in [0.1, 0.15) is 18.4 Å². The topological polar surface area (TPSA) is 12.5 Å². The summed E-state index contributed by atoms with van der Waals surface area (Å²) in [5.74, 6) is 0.869. The SMILES string of the molecule is [c]1ccccc1OC1CCN(Cc2ccccc2)CC1. The third kappa shape index (κ3) is 3.61. The molecule has 0 saturated carbocycles. The molecule has 0 N–H and O–H groups in total. The molecule has 2 heteroatoms. The molecule has 1 fully saturated rings. The van der Waals surface area contributed by atoms with Gasteiger partial charge in [0.1, 0.15) is 11.9 Å². The van der Waals surface area contributed by atoms with Crippen LogP contribution in [0, 0.1) is 6.07 Å². The standard InChI is InChI=1S/C18H20NO/c1-3-7-16(8-4-1)15-19-13-11-18(12-14-19)20-17-9-5-2-6-10-17/h1-9,18H,11-15H2. The minimum Gasteiger partial charge on any atom is -0.490 e. The molecule has 1 aliphatic rings. The van der Waals surface area contributed by atoms with Crippen molar-refractivity contribution in [3.8, 4) is 5.75 Å². The predicted molar refractivity (Wildman–Crippen MR) is 80.6 cm³/mol. The normalized spacial score (nSPS) is 17.0. The molecule has 0 amide bonds. The van der Waals surface area contributed by atoms with E-state index in [9.17, 15) is 0 Å². The van der Waals surface area contributed by atoms with Crippen LogP contribution in [0.25, 0.3) is 0 Å². The summed E-state index contributed by atoms with van der Waals surface area (Å²) in [6.07, 6.45) is 2.52. The lowest BCUT2D eigenvalue weighted by molar-refractivity contribution is 0.0966. The van der Waals surface area contributed by atoms with Crippen molar-refractivity contribution in [1.29, 1.82) is 0 Å². The molecule has 0 aliphatic carbocycles. The van der Waals surface area contributed by atoms with Crippen LogP contribution in [-0.2, 0) is 6.54 Å². The summed E-state index contributed by atoms with van der Waals surface area (Å²) in [4.78, 5) is 2.50.